The monoisotopic (exact) mass is 434 g/mol. The predicted octanol–water partition coefficient (Wildman–Crippen LogP) is 2.89. The molecule has 1 atom stereocenters. The Bertz CT molecular complexity index is 1310. The Hall–Kier alpha value is -3.30. The maximum atomic E-state index is 13.0. The first-order valence-corrected chi connectivity index (χ1v) is 11.6. The number of rotatable bonds is 5. The van der Waals surface area contributed by atoms with Crippen LogP contribution in [0.25, 0.3) is 22.3 Å². The van der Waals surface area contributed by atoms with Crippen molar-refractivity contribution < 1.29 is 8.42 Å². The van der Waals surface area contributed by atoms with Gasteiger partial charge in [-0.1, -0.05) is 18.2 Å². The molecule has 2 N–H and O–H groups in total. The van der Waals surface area contributed by atoms with E-state index in [2.05, 4.69) is 25.6 Å². The summed E-state index contributed by atoms with van der Waals surface area (Å²) in [5, 5.41) is 7.56. The molecule has 3 aromatic heterocycles. The summed E-state index contributed by atoms with van der Waals surface area (Å²) < 4.78 is 27.2. The molecule has 4 aromatic rings. The molecular weight excluding hydrogens is 412 g/mol. The molecule has 31 heavy (non-hydrogen) atoms. The Morgan fingerprint density at radius 2 is 1.94 bits per heavy atom. The summed E-state index contributed by atoms with van der Waals surface area (Å²) in [7, 11) is -3.71. The van der Waals surface area contributed by atoms with E-state index in [1.165, 1.54) is 16.5 Å². The van der Waals surface area contributed by atoms with Crippen LogP contribution in [0.2, 0.25) is 0 Å². The Kier molecular flexibility index (Phi) is 5.13. The van der Waals surface area contributed by atoms with Gasteiger partial charge < -0.3 is 10.6 Å². The van der Waals surface area contributed by atoms with Crippen molar-refractivity contribution in [1.82, 2.24) is 24.2 Å². The molecular formula is C22H22N6O2S. The van der Waals surface area contributed by atoms with Crippen LogP contribution < -0.4 is 10.6 Å². The highest BCUT2D eigenvalue weighted by Gasteiger charge is 2.20. The first-order chi connectivity index (χ1) is 15.1. The van der Waals surface area contributed by atoms with Gasteiger partial charge in [-0.15, -0.1) is 0 Å². The van der Waals surface area contributed by atoms with Gasteiger partial charge in [0.1, 0.15) is 12.1 Å². The number of aromatic nitrogens is 4. The quantitative estimate of drug-likeness (QED) is 0.498. The molecule has 0 bridgehead atoms. The van der Waals surface area contributed by atoms with Crippen LogP contribution in [0.1, 0.15) is 12.8 Å². The van der Waals surface area contributed by atoms with Crippen molar-refractivity contribution in [3.8, 4) is 11.3 Å². The van der Waals surface area contributed by atoms with Crippen LogP contribution in [0.15, 0.2) is 72.1 Å². The van der Waals surface area contributed by atoms with E-state index in [0.29, 0.717) is 11.7 Å². The highest BCUT2D eigenvalue weighted by atomic mass is 32.2. The van der Waals surface area contributed by atoms with Gasteiger partial charge in [-0.3, -0.25) is 0 Å². The highest BCUT2D eigenvalue weighted by molar-refractivity contribution is 7.90. The molecule has 4 heterocycles. The lowest BCUT2D eigenvalue weighted by atomic mass is 10.1. The van der Waals surface area contributed by atoms with Crippen LogP contribution in [0.5, 0.6) is 0 Å². The zero-order chi connectivity index (χ0) is 21.3. The maximum Gasteiger partial charge on any atom is 0.269 e. The van der Waals surface area contributed by atoms with Gasteiger partial charge in [0, 0.05) is 42.0 Å². The number of piperidine rings is 1. The van der Waals surface area contributed by atoms with Crippen LogP contribution in [0.3, 0.4) is 0 Å². The second-order valence-electron chi connectivity index (χ2n) is 7.54. The van der Waals surface area contributed by atoms with Gasteiger partial charge in [0.25, 0.3) is 10.0 Å². The average Bonchev–Trinajstić information content (AvgIpc) is 3.25. The third-order valence-corrected chi connectivity index (χ3v) is 7.09. The molecule has 5 rings (SSSR count). The average molecular weight is 435 g/mol. The molecule has 1 saturated heterocycles. The van der Waals surface area contributed by atoms with E-state index in [1.807, 2.05) is 12.1 Å². The molecule has 1 unspecified atom stereocenters. The third kappa shape index (κ3) is 3.89. The SMILES string of the molecule is O=S(=O)(c1ccccc1)n1ccc2cc(-c3cc(NC4CCCNC4)ncn3)cnc21. The first kappa shape index (κ1) is 19.7. The molecule has 0 spiro atoms. The molecule has 0 radical (unpaired) electrons. The first-order valence-electron chi connectivity index (χ1n) is 10.2. The van der Waals surface area contributed by atoms with Gasteiger partial charge in [-0.25, -0.2) is 27.3 Å². The fourth-order valence-electron chi connectivity index (χ4n) is 3.82. The van der Waals surface area contributed by atoms with Crippen LogP contribution in [-0.4, -0.2) is 46.5 Å². The standard InChI is InChI=1S/C22H22N6O2S/c29-31(30,19-6-2-1-3-7-19)28-10-8-16-11-17(13-24-22(16)28)20-12-21(26-15-25-20)27-18-5-4-9-23-14-18/h1-3,6-8,10-13,15,18,23H,4-5,9,14H2,(H,25,26,27). The van der Waals surface area contributed by atoms with Crippen molar-refractivity contribution in [2.24, 2.45) is 0 Å². The summed E-state index contributed by atoms with van der Waals surface area (Å²) >= 11 is 0. The molecule has 0 amide bonds. The number of benzene rings is 1. The second-order valence-corrected chi connectivity index (χ2v) is 9.36. The summed E-state index contributed by atoms with van der Waals surface area (Å²) in [6.45, 7) is 1.97. The van der Waals surface area contributed by atoms with Crippen LogP contribution >= 0.6 is 0 Å². The van der Waals surface area contributed by atoms with Gasteiger partial charge >= 0.3 is 0 Å². The topological polar surface area (TPSA) is 102 Å². The fourth-order valence-corrected chi connectivity index (χ4v) is 5.15. The molecule has 1 fully saturated rings. The number of pyridine rings is 1. The lowest BCUT2D eigenvalue weighted by Gasteiger charge is -2.24. The zero-order valence-electron chi connectivity index (χ0n) is 16.8. The number of fused-ring (bicyclic) bond motifs is 1. The lowest BCUT2D eigenvalue weighted by molar-refractivity contribution is 0.479. The Balaban J connectivity index is 1.46. The molecule has 1 aliphatic heterocycles. The van der Waals surface area contributed by atoms with Gasteiger partial charge in [-0.05, 0) is 43.7 Å². The van der Waals surface area contributed by atoms with E-state index in [0.717, 1.165) is 48.4 Å². The minimum Gasteiger partial charge on any atom is -0.366 e. The molecule has 1 aromatic carbocycles. The van der Waals surface area contributed by atoms with E-state index in [-0.39, 0.29) is 4.90 Å². The Labute approximate surface area is 180 Å². The molecule has 9 heteroatoms. The number of nitrogens with zero attached hydrogens (tertiary/aromatic N) is 4. The lowest BCUT2D eigenvalue weighted by Crippen LogP contribution is -2.38. The van der Waals surface area contributed by atoms with Gasteiger partial charge in [0.15, 0.2) is 5.65 Å². The van der Waals surface area contributed by atoms with E-state index >= 15 is 0 Å². The van der Waals surface area contributed by atoms with Crippen molar-refractivity contribution in [2.45, 2.75) is 23.8 Å². The smallest absolute Gasteiger partial charge is 0.269 e. The van der Waals surface area contributed by atoms with Crippen LogP contribution in [0.4, 0.5) is 5.82 Å². The number of hydrogen-bond acceptors (Lipinski definition) is 7. The van der Waals surface area contributed by atoms with Gasteiger partial charge in [-0.2, -0.15) is 0 Å². The van der Waals surface area contributed by atoms with Crippen molar-refractivity contribution in [1.29, 1.82) is 0 Å². The van der Waals surface area contributed by atoms with E-state index in [1.54, 1.807) is 42.6 Å². The van der Waals surface area contributed by atoms with Crippen molar-refractivity contribution in [3.63, 3.8) is 0 Å². The molecule has 8 nitrogen and oxygen atoms in total. The van der Waals surface area contributed by atoms with Crippen molar-refractivity contribution in [3.05, 3.63) is 67.3 Å². The van der Waals surface area contributed by atoms with Gasteiger partial charge in [0.05, 0.1) is 10.6 Å². The number of hydrogen-bond donors (Lipinski definition) is 2. The molecule has 0 saturated carbocycles. The fraction of sp³-hybridized carbons (Fsp3) is 0.227. The van der Waals surface area contributed by atoms with E-state index in [9.17, 15) is 8.42 Å². The number of nitrogens with one attached hydrogen (secondary N) is 2. The predicted molar refractivity (Wildman–Crippen MR) is 119 cm³/mol. The van der Waals surface area contributed by atoms with Crippen molar-refractivity contribution >= 4 is 26.9 Å². The van der Waals surface area contributed by atoms with E-state index < -0.39 is 10.0 Å². The maximum absolute atomic E-state index is 13.0. The summed E-state index contributed by atoms with van der Waals surface area (Å²) in [6, 6.07) is 14.2. The normalized spacial score (nSPS) is 17.0. The van der Waals surface area contributed by atoms with Crippen LogP contribution in [-0.2, 0) is 10.0 Å². The Morgan fingerprint density at radius 3 is 2.74 bits per heavy atom. The van der Waals surface area contributed by atoms with Gasteiger partial charge in [0.2, 0.25) is 0 Å². The highest BCUT2D eigenvalue weighted by Crippen LogP contribution is 2.26. The summed E-state index contributed by atoms with van der Waals surface area (Å²) in [5.41, 5.74) is 1.91. The third-order valence-electron chi connectivity index (χ3n) is 5.41. The largest absolute Gasteiger partial charge is 0.366 e. The molecule has 1 aliphatic rings. The summed E-state index contributed by atoms with van der Waals surface area (Å²) in [6.07, 6.45) is 6.95. The summed E-state index contributed by atoms with van der Waals surface area (Å²) in [5.74, 6) is 0.767. The van der Waals surface area contributed by atoms with Crippen LogP contribution in [0, 0.1) is 0 Å². The molecule has 158 valence electrons. The van der Waals surface area contributed by atoms with Crippen molar-refractivity contribution in [2.75, 3.05) is 18.4 Å². The Morgan fingerprint density at radius 1 is 1.06 bits per heavy atom. The summed E-state index contributed by atoms with van der Waals surface area (Å²) in [4.78, 5) is 13.4. The van der Waals surface area contributed by atoms with E-state index in [4.69, 9.17) is 0 Å². The minimum absolute atomic E-state index is 0.224. The zero-order valence-corrected chi connectivity index (χ0v) is 17.6. The number of anilines is 1. The minimum atomic E-state index is -3.71. The molecule has 0 aliphatic carbocycles. The second kappa shape index (κ2) is 8.09.